The van der Waals surface area contributed by atoms with Gasteiger partial charge in [0.25, 0.3) is 6.43 Å². The van der Waals surface area contributed by atoms with Gasteiger partial charge in [0, 0.05) is 17.8 Å². The Morgan fingerprint density at radius 3 is 2.77 bits per heavy atom. The summed E-state index contributed by atoms with van der Waals surface area (Å²) >= 11 is 0. The first-order valence-electron chi connectivity index (χ1n) is 8.20. The van der Waals surface area contributed by atoms with Crippen molar-refractivity contribution < 1.29 is 18.0 Å². The number of carbonyl (C=O) groups is 1. The van der Waals surface area contributed by atoms with Gasteiger partial charge >= 0.3 is 0 Å². The lowest BCUT2D eigenvalue weighted by molar-refractivity contribution is -0.121. The van der Waals surface area contributed by atoms with E-state index in [1.165, 1.54) is 16.9 Å². The molecule has 2 aromatic heterocycles. The normalized spacial score (nSPS) is 14.2. The molecule has 0 unspecified atom stereocenters. The Hall–Kier alpha value is -2.90. The Balaban J connectivity index is 1.67. The fraction of sp³-hybridized carbons (Fsp3) is 0.278. The molecule has 26 heavy (non-hydrogen) atoms. The van der Waals surface area contributed by atoms with E-state index < -0.39 is 17.8 Å². The first-order chi connectivity index (χ1) is 12.5. The highest BCUT2D eigenvalue weighted by atomic mass is 19.3. The van der Waals surface area contributed by atoms with Crippen molar-refractivity contribution in [3.63, 3.8) is 0 Å². The summed E-state index contributed by atoms with van der Waals surface area (Å²) in [6, 6.07) is 5.52. The first-order valence-corrected chi connectivity index (χ1v) is 8.20. The average molecular weight is 360 g/mol. The second-order valence-electron chi connectivity index (χ2n) is 6.31. The third-order valence-corrected chi connectivity index (χ3v) is 4.30. The van der Waals surface area contributed by atoms with Gasteiger partial charge in [-0.15, -0.1) is 0 Å². The zero-order valence-electron chi connectivity index (χ0n) is 13.6. The minimum atomic E-state index is -2.90. The summed E-state index contributed by atoms with van der Waals surface area (Å²) in [6.45, 7) is 0.0524. The molecular formula is C18H15F3N4O. The summed E-state index contributed by atoms with van der Waals surface area (Å²) in [5.41, 5.74) is 1.51. The molecule has 0 aliphatic heterocycles. The molecule has 0 radical (unpaired) electrons. The van der Waals surface area contributed by atoms with Crippen molar-refractivity contribution in [2.45, 2.75) is 31.9 Å². The van der Waals surface area contributed by atoms with Crippen molar-refractivity contribution in [2.75, 3.05) is 0 Å². The largest absolute Gasteiger partial charge is 0.352 e. The van der Waals surface area contributed by atoms with Crippen molar-refractivity contribution in [3.8, 4) is 11.1 Å². The predicted octanol–water partition coefficient (Wildman–Crippen LogP) is 3.45. The van der Waals surface area contributed by atoms with Crippen molar-refractivity contribution in [2.24, 2.45) is 0 Å². The Labute approximate surface area is 146 Å². The van der Waals surface area contributed by atoms with Crippen molar-refractivity contribution in [3.05, 3.63) is 48.0 Å². The zero-order chi connectivity index (χ0) is 18.3. The molecule has 1 aromatic carbocycles. The predicted molar refractivity (Wildman–Crippen MR) is 89.0 cm³/mol. The fourth-order valence-corrected chi connectivity index (χ4v) is 2.77. The summed E-state index contributed by atoms with van der Waals surface area (Å²) in [5, 5.41) is 7.06. The van der Waals surface area contributed by atoms with E-state index in [1.54, 1.807) is 12.3 Å². The van der Waals surface area contributed by atoms with Crippen LogP contribution in [0.3, 0.4) is 0 Å². The van der Waals surface area contributed by atoms with Gasteiger partial charge in [0.15, 0.2) is 0 Å². The molecule has 1 amide bonds. The number of nitrogens with one attached hydrogen (secondary N) is 1. The second kappa shape index (κ2) is 6.44. The molecule has 1 fully saturated rings. The second-order valence-corrected chi connectivity index (χ2v) is 6.31. The van der Waals surface area contributed by atoms with Crippen LogP contribution in [0.15, 0.2) is 36.7 Å². The number of fused-ring (bicyclic) bond motifs is 1. The number of hydrogen-bond acceptors (Lipinski definition) is 3. The highest BCUT2D eigenvalue weighted by Crippen LogP contribution is 2.29. The number of amides is 1. The van der Waals surface area contributed by atoms with Gasteiger partial charge in [-0.25, -0.2) is 13.2 Å². The number of benzene rings is 1. The number of alkyl halides is 2. The van der Waals surface area contributed by atoms with Crippen LogP contribution in [-0.2, 0) is 11.3 Å². The first kappa shape index (κ1) is 16.6. The van der Waals surface area contributed by atoms with Crippen LogP contribution in [0.1, 0.15) is 24.8 Å². The molecule has 0 bridgehead atoms. The number of pyridine rings is 1. The van der Waals surface area contributed by atoms with E-state index in [9.17, 15) is 18.0 Å². The molecule has 0 saturated heterocycles. The van der Waals surface area contributed by atoms with Crippen LogP contribution in [0, 0.1) is 5.82 Å². The van der Waals surface area contributed by atoms with Crippen LogP contribution >= 0.6 is 0 Å². The Kier molecular flexibility index (Phi) is 4.10. The molecule has 0 atom stereocenters. The third kappa shape index (κ3) is 3.26. The Morgan fingerprint density at radius 2 is 2.04 bits per heavy atom. The van der Waals surface area contributed by atoms with E-state index in [2.05, 4.69) is 15.4 Å². The van der Waals surface area contributed by atoms with Gasteiger partial charge in [-0.1, -0.05) is 6.07 Å². The molecular weight excluding hydrogens is 345 g/mol. The van der Waals surface area contributed by atoms with E-state index in [4.69, 9.17) is 0 Å². The van der Waals surface area contributed by atoms with Crippen LogP contribution in [0.4, 0.5) is 13.2 Å². The van der Waals surface area contributed by atoms with Gasteiger partial charge < -0.3 is 5.32 Å². The van der Waals surface area contributed by atoms with Gasteiger partial charge in [0.1, 0.15) is 17.9 Å². The maximum absolute atomic E-state index is 13.5. The van der Waals surface area contributed by atoms with Gasteiger partial charge in [-0.3, -0.25) is 14.5 Å². The van der Waals surface area contributed by atoms with Crippen LogP contribution in [0.2, 0.25) is 0 Å². The zero-order valence-corrected chi connectivity index (χ0v) is 13.6. The molecule has 4 rings (SSSR count). The molecule has 0 spiro atoms. The fourth-order valence-electron chi connectivity index (χ4n) is 2.77. The standard InChI is InChI=1S/C18H15F3N4O/c19-14-4-1-10(5-13(14)18(20)21)11-6-16-15(22-7-11)8-23-25(16)9-17(26)24-12-2-3-12/h1,4-8,12,18H,2-3,9H2,(H,24,26). The molecule has 1 aliphatic rings. The maximum atomic E-state index is 13.5. The Bertz CT molecular complexity index is 982. The quantitative estimate of drug-likeness (QED) is 0.758. The lowest BCUT2D eigenvalue weighted by atomic mass is 10.0. The monoisotopic (exact) mass is 360 g/mol. The molecule has 134 valence electrons. The molecule has 1 N–H and O–H groups in total. The summed E-state index contributed by atoms with van der Waals surface area (Å²) in [4.78, 5) is 16.3. The summed E-state index contributed by atoms with van der Waals surface area (Å²) in [7, 11) is 0. The maximum Gasteiger partial charge on any atom is 0.266 e. The number of hydrogen-bond donors (Lipinski definition) is 1. The molecule has 2 heterocycles. The highest BCUT2D eigenvalue weighted by Gasteiger charge is 2.23. The molecule has 5 nitrogen and oxygen atoms in total. The van der Waals surface area contributed by atoms with E-state index in [-0.39, 0.29) is 18.5 Å². The van der Waals surface area contributed by atoms with Crippen LogP contribution in [-0.4, -0.2) is 26.7 Å². The number of halogens is 3. The summed E-state index contributed by atoms with van der Waals surface area (Å²) < 4.78 is 40.9. The highest BCUT2D eigenvalue weighted by molar-refractivity contribution is 5.83. The molecule has 8 heteroatoms. The molecule has 1 saturated carbocycles. The summed E-state index contributed by atoms with van der Waals surface area (Å²) in [5.74, 6) is -1.08. The van der Waals surface area contributed by atoms with Crippen LogP contribution in [0.25, 0.3) is 22.2 Å². The van der Waals surface area contributed by atoms with Crippen molar-refractivity contribution in [1.82, 2.24) is 20.1 Å². The number of aromatic nitrogens is 3. The van der Waals surface area contributed by atoms with Crippen LogP contribution < -0.4 is 5.32 Å². The van der Waals surface area contributed by atoms with Gasteiger partial charge in [0.05, 0.1) is 17.3 Å². The topological polar surface area (TPSA) is 59.8 Å². The minimum Gasteiger partial charge on any atom is -0.352 e. The number of rotatable bonds is 5. The van der Waals surface area contributed by atoms with Crippen LogP contribution in [0.5, 0.6) is 0 Å². The Morgan fingerprint density at radius 1 is 1.23 bits per heavy atom. The SMILES string of the molecule is O=C(Cn1ncc2ncc(-c3ccc(F)c(C(F)F)c3)cc21)NC1CC1. The molecule has 3 aromatic rings. The van der Waals surface area contributed by atoms with E-state index in [0.717, 1.165) is 25.0 Å². The lowest BCUT2D eigenvalue weighted by Gasteiger charge is -2.08. The van der Waals surface area contributed by atoms with Crippen molar-refractivity contribution in [1.29, 1.82) is 0 Å². The molecule has 1 aliphatic carbocycles. The van der Waals surface area contributed by atoms with E-state index in [0.29, 0.717) is 22.2 Å². The third-order valence-electron chi connectivity index (χ3n) is 4.30. The van der Waals surface area contributed by atoms with Gasteiger partial charge in [-0.2, -0.15) is 5.10 Å². The van der Waals surface area contributed by atoms with E-state index in [1.807, 2.05) is 0 Å². The smallest absolute Gasteiger partial charge is 0.266 e. The van der Waals surface area contributed by atoms with E-state index >= 15 is 0 Å². The van der Waals surface area contributed by atoms with Gasteiger partial charge in [-0.05, 0) is 36.6 Å². The average Bonchev–Trinajstić information content (AvgIpc) is 3.34. The summed E-state index contributed by atoms with van der Waals surface area (Å²) in [6.07, 6.45) is 2.14. The number of carbonyl (C=O) groups excluding carboxylic acids is 1. The van der Waals surface area contributed by atoms with Gasteiger partial charge in [0.2, 0.25) is 5.91 Å². The lowest BCUT2D eigenvalue weighted by Crippen LogP contribution is -2.29. The number of nitrogens with zero attached hydrogens (tertiary/aromatic N) is 3. The minimum absolute atomic E-state index is 0.0524. The van der Waals surface area contributed by atoms with Crippen molar-refractivity contribution >= 4 is 16.9 Å².